The van der Waals surface area contributed by atoms with Gasteiger partial charge in [-0.3, -0.25) is 9.78 Å². The predicted octanol–water partition coefficient (Wildman–Crippen LogP) is 4.78. The topological polar surface area (TPSA) is 73.3 Å². The maximum Gasteiger partial charge on any atom is 0.255 e. The minimum Gasteiger partial charge on any atom is -0.497 e. The number of nitrogens with zero attached hydrogens (tertiary/aromatic N) is 2. The van der Waals surface area contributed by atoms with Crippen molar-refractivity contribution in [2.24, 2.45) is 0 Å². The fourth-order valence-electron chi connectivity index (χ4n) is 3.03. The Morgan fingerprint density at radius 1 is 1.03 bits per heavy atom. The van der Waals surface area contributed by atoms with E-state index in [1.54, 1.807) is 55.9 Å². The summed E-state index contributed by atoms with van der Waals surface area (Å²) in [6.07, 6.45) is 3.49. The van der Waals surface area contributed by atoms with Crippen molar-refractivity contribution in [2.45, 2.75) is 13.5 Å². The van der Waals surface area contributed by atoms with E-state index in [0.29, 0.717) is 17.9 Å². The summed E-state index contributed by atoms with van der Waals surface area (Å²) in [4.78, 5) is 21.1. The van der Waals surface area contributed by atoms with Gasteiger partial charge in [0.15, 0.2) is 0 Å². The molecule has 0 aliphatic rings. The van der Waals surface area contributed by atoms with E-state index in [1.165, 1.54) is 0 Å². The maximum atomic E-state index is 12.4. The van der Waals surface area contributed by atoms with Gasteiger partial charge in [-0.05, 0) is 61.0 Å². The first-order chi connectivity index (χ1) is 14.6. The molecule has 4 rings (SSSR count). The number of nitrogens with one attached hydrogen (secondary N) is 1. The third kappa shape index (κ3) is 4.38. The number of aryl methyl sites for hydroxylation is 1. The van der Waals surface area contributed by atoms with Crippen LogP contribution in [0, 0.1) is 6.92 Å². The molecular weight excluding hydrogens is 378 g/mol. The molecule has 6 nitrogen and oxygen atoms in total. The monoisotopic (exact) mass is 399 g/mol. The van der Waals surface area contributed by atoms with E-state index >= 15 is 0 Å². The van der Waals surface area contributed by atoms with E-state index in [1.807, 2.05) is 31.2 Å². The van der Waals surface area contributed by atoms with Gasteiger partial charge >= 0.3 is 0 Å². The summed E-state index contributed by atoms with van der Waals surface area (Å²) < 4.78 is 11.1. The van der Waals surface area contributed by atoms with Crippen LogP contribution >= 0.6 is 0 Å². The summed E-state index contributed by atoms with van der Waals surface area (Å²) in [6.45, 7) is 2.30. The number of hydrogen-bond donors (Lipinski definition) is 1. The quantitative estimate of drug-likeness (QED) is 0.505. The molecule has 0 saturated heterocycles. The zero-order chi connectivity index (χ0) is 20.9. The largest absolute Gasteiger partial charge is 0.497 e. The van der Waals surface area contributed by atoms with Crippen LogP contribution in [0.1, 0.15) is 21.6 Å². The van der Waals surface area contributed by atoms with Crippen LogP contribution < -0.4 is 14.8 Å². The van der Waals surface area contributed by atoms with E-state index in [0.717, 1.165) is 33.7 Å². The molecule has 0 aliphatic heterocycles. The van der Waals surface area contributed by atoms with Gasteiger partial charge in [0.2, 0.25) is 0 Å². The van der Waals surface area contributed by atoms with Crippen molar-refractivity contribution in [3.8, 4) is 11.5 Å². The number of amides is 1. The van der Waals surface area contributed by atoms with Crippen LogP contribution in [0.4, 0.5) is 5.69 Å². The SMILES string of the molecule is COc1ccc(NC(=O)c2ccc(COc3cc4cnccc4nc3C)cc2)cc1. The van der Waals surface area contributed by atoms with E-state index < -0.39 is 0 Å². The van der Waals surface area contributed by atoms with Crippen molar-refractivity contribution in [3.63, 3.8) is 0 Å². The molecule has 2 aromatic carbocycles. The van der Waals surface area contributed by atoms with Crippen molar-refractivity contribution in [1.82, 2.24) is 9.97 Å². The Bertz CT molecular complexity index is 1170. The van der Waals surface area contributed by atoms with Gasteiger partial charge in [0.25, 0.3) is 5.91 Å². The summed E-state index contributed by atoms with van der Waals surface area (Å²) in [6, 6.07) is 18.4. The van der Waals surface area contributed by atoms with Gasteiger partial charge in [0.05, 0.1) is 18.3 Å². The molecule has 30 heavy (non-hydrogen) atoms. The highest BCUT2D eigenvalue weighted by Crippen LogP contribution is 2.23. The van der Waals surface area contributed by atoms with Gasteiger partial charge in [0, 0.05) is 29.0 Å². The number of methoxy groups -OCH3 is 1. The van der Waals surface area contributed by atoms with Crippen LogP contribution in [0.15, 0.2) is 73.1 Å². The summed E-state index contributed by atoms with van der Waals surface area (Å²) in [5.74, 6) is 1.29. The van der Waals surface area contributed by atoms with Crippen LogP contribution in [-0.2, 0) is 6.61 Å². The molecule has 4 aromatic rings. The first-order valence-corrected chi connectivity index (χ1v) is 9.51. The third-order valence-corrected chi connectivity index (χ3v) is 4.72. The summed E-state index contributed by atoms with van der Waals surface area (Å²) in [5, 5.41) is 3.81. The highest BCUT2D eigenvalue weighted by Gasteiger charge is 2.08. The number of anilines is 1. The highest BCUT2D eigenvalue weighted by atomic mass is 16.5. The molecule has 0 fully saturated rings. The number of carbonyl (C=O) groups is 1. The van der Waals surface area contributed by atoms with Crippen LogP contribution in [0.25, 0.3) is 10.9 Å². The van der Waals surface area contributed by atoms with Gasteiger partial charge in [-0.1, -0.05) is 12.1 Å². The number of fused-ring (bicyclic) bond motifs is 1. The lowest BCUT2D eigenvalue weighted by Gasteiger charge is -2.11. The summed E-state index contributed by atoms with van der Waals surface area (Å²) in [7, 11) is 1.61. The van der Waals surface area contributed by atoms with Crippen LogP contribution in [0.3, 0.4) is 0 Å². The number of carbonyl (C=O) groups excluding carboxylic acids is 1. The number of ether oxygens (including phenoxy) is 2. The first kappa shape index (κ1) is 19.4. The third-order valence-electron chi connectivity index (χ3n) is 4.72. The number of pyridine rings is 2. The number of hydrogen-bond acceptors (Lipinski definition) is 5. The second-order valence-corrected chi connectivity index (χ2v) is 6.81. The minimum absolute atomic E-state index is 0.172. The number of aromatic nitrogens is 2. The standard InChI is InChI=1S/C24H21N3O3/c1-16-23(13-19-14-25-12-11-22(19)26-16)30-15-17-3-5-18(6-4-17)24(28)27-20-7-9-21(29-2)10-8-20/h3-14H,15H2,1-2H3,(H,27,28). The van der Waals surface area contributed by atoms with Crippen molar-refractivity contribution in [3.05, 3.63) is 89.9 Å². The van der Waals surface area contributed by atoms with Gasteiger partial charge in [-0.2, -0.15) is 0 Å². The average Bonchev–Trinajstić information content (AvgIpc) is 2.78. The number of rotatable bonds is 6. The molecule has 2 aromatic heterocycles. The zero-order valence-corrected chi connectivity index (χ0v) is 16.8. The predicted molar refractivity (Wildman–Crippen MR) is 116 cm³/mol. The fourth-order valence-corrected chi connectivity index (χ4v) is 3.03. The molecule has 0 saturated carbocycles. The first-order valence-electron chi connectivity index (χ1n) is 9.51. The Labute approximate surface area is 174 Å². The van der Waals surface area contributed by atoms with Crippen molar-refractivity contribution in [1.29, 1.82) is 0 Å². The lowest BCUT2D eigenvalue weighted by molar-refractivity contribution is 0.102. The second kappa shape index (κ2) is 8.61. The Morgan fingerprint density at radius 3 is 2.53 bits per heavy atom. The molecule has 0 atom stereocenters. The molecule has 0 unspecified atom stereocenters. The van der Waals surface area contributed by atoms with Crippen molar-refractivity contribution in [2.75, 3.05) is 12.4 Å². The van der Waals surface area contributed by atoms with Crippen LogP contribution in [0.2, 0.25) is 0 Å². The van der Waals surface area contributed by atoms with Gasteiger partial charge in [-0.15, -0.1) is 0 Å². The molecule has 1 N–H and O–H groups in total. The molecule has 0 spiro atoms. The minimum atomic E-state index is -0.172. The summed E-state index contributed by atoms with van der Waals surface area (Å²) in [5.41, 5.74) is 3.96. The Kier molecular flexibility index (Phi) is 5.57. The molecule has 0 radical (unpaired) electrons. The summed E-state index contributed by atoms with van der Waals surface area (Å²) >= 11 is 0. The smallest absolute Gasteiger partial charge is 0.255 e. The maximum absolute atomic E-state index is 12.4. The second-order valence-electron chi connectivity index (χ2n) is 6.81. The zero-order valence-electron chi connectivity index (χ0n) is 16.8. The van der Waals surface area contributed by atoms with Crippen molar-refractivity contribution < 1.29 is 14.3 Å². The van der Waals surface area contributed by atoms with Gasteiger partial charge in [-0.25, -0.2) is 4.98 Å². The lowest BCUT2D eigenvalue weighted by Crippen LogP contribution is -2.11. The van der Waals surface area contributed by atoms with Crippen LogP contribution in [0.5, 0.6) is 11.5 Å². The van der Waals surface area contributed by atoms with E-state index in [-0.39, 0.29) is 5.91 Å². The van der Waals surface area contributed by atoms with E-state index in [4.69, 9.17) is 9.47 Å². The lowest BCUT2D eigenvalue weighted by atomic mass is 10.1. The van der Waals surface area contributed by atoms with Gasteiger partial charge in [0.1, 0.15) is 18.1 Å². The molecule has 2 heterocycles. The molecule has 6 heteroatoms. The normalized spacial score (nSPS) is 10.6. The Morgan fingerprint density at radius 2 is 1.80 bits per heavy atom. The van der Waals surface area contributed by atoms with E-state index in [2.05, 4.69) is 15.3 Å². The molecule has 1 amide bonds. The van der Waals surface area contributed by atoms with Crippen molar-refractivity contribution >= 4 is 22.5 Å². The Balaban J connectivity index is 1.39. The molecular formula is C24H21N3O3. The average molecular weight is 399 g/mol. The molecule has 0 aliphatic carbocycles. The van der Waals surface area contributed by atoms with E-state index in [9.17, 15) is 4.79 Å². The highest BCUT2D eigenvalue weighted by molar-refractivity contribution is 6.04. The Hall–Kier alpha value is -3.93. The molecule has 150 valence electrons. The number of benzene rings is 2. The fraction of sp³-hybridized carbons (Fsp3) is 0.125. The molecule has 0 bridgehead atoms. The van der Waals surface area contributed by atoms with Crippen LogP contribution in [-0.4, -0.2) is 23.0 Å². The van der Waals surface area contributed by atoms with Gasteiger partial charge < -0.3 is 14.8 Å².